The first-order chi connectivity index (χ1) is 18.8. The zero-order chi connectivity index (χ0) is 25.3. The Balaban J connectivity index is 1.39. The molecule has 180 valence electrons. The Kier molecular flexibility index (Phi) is 5.45. The Labute approximate surface area is 221 Å². The van der Waals surface area contributed by atoms with Crippen LogP contribution < -0.4 is 4.90 Å². The van der Waals surface area contributed by atoms with Gasteiger partial charge in [0.05, 0.1) is 6.20 Å². The molecule has 0 saturated carbocycles. The number of rotatable bonds is 5. The number of hydrogen-bond acceptors (Lipinski definition) is 3. The molecule has 5 aromatic carbocycles. The number of anilines is 3. The molecule has 2 heterocycles. The van der Waals surface area contributed by atoms with Crippen molar-refractivity contribution < 1.29 is 4.42 Å². The minimum Gasteiger partial charge on any atom is -0.454 e. The molecule has 0 saturated heterocycles. The van der Waals surface area contributed by atoms with E-state index in [2.05, 4.69) is 125 Å². The Morgan fingerprint density at radius 1 is 0.447 bits per heavy atom. The van der Waals surface area contributed by atoms with Crippen LogP contribution in [-0.4, -0.2) is 4.98 Å². The number of furan rings is 1. The second kappa shape index (κ2) is 9.38. The van der Waals surface area contributed by atoms with Crippen molar-refractivity contribution in [2.24, 2.45) is 0 Å². The van der Waals surface area contributed by atoms with Crippen LogP contribution in [0.15, 0.2) is 150 Å². The third-order valence-electron chi connectivity index (χ3n) is 6.96. The van der Waals surface area contributed by atoms with Crippen molar-refractivity contribution in [3.63, 3.8) is 0 Å². The lowest BCUT2D eigenvalue weighted by Crippen LogP contribution is -2.10. The van der Waals surface area contributed by atoms with E-state index in [-0.39, 0.29) is 0 Å². The van der Waals surface area contributed by atoms with E-state index in [4.69, 9.17) is 4.42 Å². The van der Waals surface area contributed by atoms with Crippen LogP contribution in [0, 0.1) is 0 Å². The Hall–Kier alpha value is -5.15. The fourth-order valence-electron chi connectivity index (χ4n) is 5.09. The molecule has 38 heavy (non-hydrogen) atoms. The summed E-state index contributed by atoms with van der Waals surface area (Å²) in [6, 6.07) is 46.9. The molecule has 3 nitrogen and oxygen atoms in total. The minimum absolute atomic E-state index is 0.796. The van der Waals surface area contributed by atoms with E-state index in [1.807, 2.05) is 24.4 Å². The highest BCUT2D eigenvalue weighted by atomic mass is 16.3. The molecule has 0 aliphatic heterocycles. The maximum atomic E-state index is 6.06. The lowest BCUT2D eigenvalue weighted by molar-refractivity contribution is 0.667. The molecule has 0 radical (unpaired) electrons. The lowest BCUT2D eigenvalue weighted by Gasteiger charge is -2.26. The predicted octanol–water partition coefficient (Wildman–Crippen LogP) is 9.78. The van der Waals surface area contributed by atoms with E-state index in [1.54, 1.807) is 6.20 Å². The number of benzene rings is 5. The van der Waals surface area contributed by atoms with Crippen molar-refractivity contribution in [2.45, 2.75) is 0 Å². The van der Waals surface area contributed by atoms with Gasteiger partial charge in [-0.25, -0.2) is 0 Å². The summed E-state index contributed by atoms with van der Waals surface area (Å²) in [5, 5.41) is 2.14. The maximum absolute atomic E-state index is 6.06. The van der Waals surface area contributed by atoms with Crippen molar-refractivity contribution in [3.05, 3.63) is 146 Å². The summed E-state index contributed by atoms with van der Waals surface area (Å²) in [4.78, 5) is 6.53. The molecular weight excluding hydrogens is 464 g/mol. The Morgan fingerprint density at radius 2 is 1.08 bits per heavy atom. The SMILES string of the molecule is c1ccc(-c2ccc(N(c3cccc(-c4ccccc4)c3)c3ccc4oc5cnccc5c4c3)cc2)cc1. The summed E-state index contributed by atoms with van der Waals surface area (Å²) in [6.07, 6.45) is 3.59. The summed E-state index contributed by atoms with van der Waals surface area (Å²) in [6.45, 7) is 0. The van der Waals surface area contributed by atoms with Gasteiger partial charge in [0, 0.05) is 34.0 Å². The van der Waals surface area contributed by atoms with E-state index in [1.165, 1.54) is 22.3 Å². The van der Waals surface area contributed by atoms with Gasteiger partial charge in [-0.3, -0.25) is 4.98 Å². The zero-order valence-corrected chi connectivity index (χ0v) is 20.7. The van der Waals surface area contributed by atoms with Crippen molar-refractivity contribution in [2.75, 3.05) is 4.90 Å². The number of fused-ring (bicyclic) bond motifs is 3. The summed E-state index contributed by atoms with van der Waals surface area (Å²) in [5.74, 6) is 0. The van der Waals surface area contributed by atoms with Gasteiger partial charge in [-0.05, 0) is 70.8 Å². The molecule has 0 aliphatic carbocycles. The second-order valence-electron chi connectivity index (χ2n) is 9.32. The van der Waals surface area contributed by atoms with E-state index in [0.29, 0.717) is 0 Å². The topological polar surface area (TPSA) is 29.3 Å². The summed E-state index contributed by atoms with van der Waals surface area (Å²) in [5.41, 5.74) is 9.66. The van der Waals surface area contributed by atoms with Crippen molar-refractivity contribution in [3.8, 4) is 22.3 Å². The zero-order valence-electron chi connectivity index (χ0n) is 20.7. The molecule has 2 aromatic heterocycles. The molecule has 0 aliphatic rings. The van der Waals surface area contributed by atoms with Crippen LogP contribution in [0.5, 0.6) is 0 Å². The third-order valence-corrected chi connectivity index (χ3v) is 6.96. The summed E-state index contributed by atoms with van der Waals surface area (Å²) >= 11 is 0. The highest BCUT2D eigenvalue weighted by molar-refractivity contribution is 6.06. The quantitative estimate of drug-likeness (QED) is 0.241. The molecule has 0 N–H and O–H groups in total. The van der Waals surface area contributed by atoms with Gasteiger partial charge in [-0.1, -0.05) is 84.9 Å². The molecule has 3 heteroatoms. The van der Waals surface area contributed by atoms with Gasteiger partial charge < -0.3 is 9.32 Å². The molecule has 0 amide bonds. The first-order valence-electron chi connectivity index (χ1n) is 12.7. The number of aromatic nitrogens is 1. The standard InChI is InChI=1S/C35H24N2O/c1-3-8-25(9-4-1)27-14-16-29(17-15-27)37(30-13-7-12-28(22-30)26-10-5-2-6-11-26)31-18-19-34-33(23-31)32-20-21-36-24-35(32)38-34/h1-24H. The van der Waals surface area contributed by atoms with E-state index in [0.717, 1.165) is 39.0 Å². The average molecular weight is 489 g/mol. The van der Waals surface area contributed by atoms with Crippen LogP contribution >= 0.6 is 0 Å². The van der Waals surface area contributed by atoms with Crippen LogP contribution in [0.1, 0.15) is 0 Å². The lowest BCUT2D eigenvalue weighted by atomic mass is 10.0. The van der Waals surface area contributed by atoms with Crippen LogP contribution in [0.3, 0.4) is 0 Å². The van der Waals surface area contributed by atoms with Gasteiger partial charge in [0.25, 0.3) is 0 Å². The predicted molar refractivity (Wildman–Crippen MR) is 157 cm³/mol. The monoisotopic (exact) mass is 488 g/mol. The van der Waals surface area contributed by atoms with Crippen molar-refractivity contribution >= 4 is 39.0 Å². The summed E-state index contributed by atoms with van der Waals surface area (Å²) in [7, 11) is 0. The highest BCUT2D eigenvalue weighted by Gasteiger charge is 2.16. The minimum atomic E-state index is 0.796. The number of pyridine rings is 1. The third kappa shape index (κ3) is 4.00. The van der Waals surface area contributed by atoms with Crippen molar-refractivity contribution in [1.29, 1.82) is 0 Å². The fraction of sp³-hybridized carbons (Fsp3) is 0. The molecule has 0 spiro atoms. The molecule has 7 aromatic rings. The molecule has 7 rings (SSSR count). The van der Waals surface area contributed by atoms with Crippen molar-refractivity contribution in [1.82, 2.24) is 4.98 Å². The van der Waals surface area contributed by atoms with Crippen LogP contribution in [0.4, 0.5) is 17.1 Å². The largest absolute Gasteiger partial charge is 0.454 e. The van der Waals surface area contributed by atoms with E-state index >= 15 is 0 Å². The highest BCUT2D eigenvalue weighted by Crippen LogP contribution is 2.40. The number of hydrogen-bond donors (Lipinski definition) is 0. The van der Waals surface area contributed by atoms with Crippen LogP contribution in [0.2, 0.25) is 0 Å². The average Bonchev–Trinajstić information content (AvgIpc) is 3.37. The van der Waals surface area contributed by atoms with Gasteiger partial charge in [0.2, 0.25) is 0 Å². The fourth-order valence-corrected chi connectivity index (χ4v) is 5.09. The Morgan fingerprint density at radius 3 is 1.84 bits per heavy atom. The van der Waals surface area contributed by atoms with E-state index < -0.39 is 0 Å². The van der Waals surface area contributed by atoms with Gasteiger partial charge in [0.15, 0.2) is 5.58 Å². The molecule has 0 unspecified atom stereocenters. The molecular formula is C35H24N2O. The summed E-state index contributed by atoms with van der Waals surface area (Å²) < 4.78 is 6.06. The smallest absolute Gasteiger partial charge is 0.153 e. The molecule has 0 bridgehead atoms. The van der Waals surface area contributed by atoms with Gasteiger partial charge in [-0.15, -0.1) is 0 Å². The second-order valence-corrected chi connectivity index (χ2v) is 9.32. The Bertz CT molecular complexity index is 1860. The number of nitrogens with zero attached hydrogens (tertiary/aromatic N) is 2. The molecule has 0 fully saturated rings. The van der Waals surface area contributed by atoms with Crippen LogP contribution in [0.25, 0.3) is 44.2 Å². The normalized spacial score (nSPS) is 11.2. The van der Waals surface area contributed by atoms with Gasteiger partial charge in [-0.2, -0.15) is 0 Å². The first kappa shape index (κ1) is 22.1. The first-order valence-corrected chi connectivity index (χ1v) is 12.7. The molecule has 0 atom stereocenters. The van der Waals surface area contributed by atoms with Gasteiger partial charge in [0.1, 0.15) is 5.58 Å². The van der Waals surface area contributed by atoms with E-state index in [9.17, 15) is 0 Å². The van der Waals surface area contributed by atoms with Crippen LogP contribution in [-0.2, 0) is 0 Å². The maximum Gasteiger partial charge on any atom is 0.153 e. The van der Waals surface area contributed by atoms with Gasteiger partial charge >= 0.3 is 0 Å².